The van der Waals surface area contributed by atoms with E-state index in [0.29, 0.717) is 0 Å². The van der Waals surface area contributed by atoms with E-state index in [1.807, 2.05) is 0 Å². The van der Waals surface area contributed by atoms with Crippen molar-refractivity contribution in [3.63, 3.8) is 0 Å². The summed E-state index contributed by atoms with van der Waals surface area (Å²) in [5, 5.41) is 18.7. The Morgan fingerprint density at radius 1 is 0.441 bits per heavy atom. The molecular formula is C25H18O7S2. The quantitative estimate of drug-likeness (QED) is 0.388. The van der Waals surface area contributed by atoms with Crippen molar-refractivity contribution >= 4 is 25.5 Å². The zero-order valence-electron chi connectivity index (χ0n) is 17.5. The van der Waals surface area contributed by atoms with Gasteiger partial charge in [0.15, 0.2) is 5.78 Å². The lowest BCUT2D eigenvalue weighted by Gasteiger charge is -2.08. The minimum absolute atomic E-state index is 0.00908. The van der Waals surface area contributed by atoms with Crippen molar-refractivity contribution in [1.82, 2.24) is 0 Å². The van der Waals surface area contributed by atoms with E-state index in [-0.39, 0.29) is 42.2 Å². The average Bonchev–Trinajstić information content (AvgIpc) is 2.84. The molecule has 0 radical (unpaired) electrons. The molecule has 0 atom stereocenters. The molecule has 4 aromatic rings. The normalized spacial score (nSPS) is 11.8. The molecule has 4 rings (SSSR count). The van der Waals surface area contributed by atoms with E-state index in [9.17, 15) is 31.8 Å². The summed E-state index contributed by atoms with van der Waals surface area (Å²) in [5.74, 6) is -0.509. The van der Waals surface area contributed by atoms with Crippen LogP contribution < -0.4 is 0 Å². The van der Waals surface area contributed by atoms with Crippen molar-refractivity contribution in [2.24, 2.45) is 0 Å². The standard InChI is InChI=1S/C25H18O7S2/c26-19-5-13-23(14-6-19)33(29,30)21-9-1-17(2-10-21)25(28)18-3-11-22(12-4-18)34(31,32)24-15-7-20(27)8-16-24/h1-16,26-27H. The minimum atomic E-state index is -3.82. The monoisotopic (exact) mass is 494 g/mol. The van der Waals surface area contributed by atoms with Crippen LogP contribution in [0.15, 0.2) is 117 Å². The van der Waals surface area contributed by atoms with Crippen LogP contribution in [0.25, 0.3) is 0 Å². The second kappa shape index (κ2) is 8.77. The SMILES string of the molecule is O=C(c1ccc(S(=O)(=O)c2ccc(O)cc2)cc1)c1ccc(S(=O)(=O)c2ccc(O)cc2)cc1. The van der Waals surface area contributed by atoms with Crippen LogP contribution in [0.5, 0.6) is 11.5 Å². The molecular weight excluding hydrogens is 476 g/mol. The second-order valence-corrected chi connectivity index (χ2v) is 11.3. The van der Waals surface area contributed by atoms with Gasteiger partial charge in [-0.15, -0.1) is 0 Å². The van der Waals surface area contributed by atoms with Crippen LogP contribution in [0, 0.1) is 0 Å². The van der Waals surface area contributed by atoms with Gasteiger partial charge in [-0.05, 0) is 97.1 Å². The van der Waals surface area contributed by atoms with Crippen molar-refractivity contribution in [3.8, 4) is 11.5 Å². The molecule has 0 aliphatic rings. The summed E-state index contributed by atoms with van der Waals surface area (Å²) in [4.78, 5) is 12.8. The lowest BCUT2D eigenvalue weighted by molar-refractivity contribution is 0.103. The number of benzene rings is 4. The minimum Gasteiger partial charge on any atom is -0.508 e. The highest BCUT2D eigenvalue weighted by atomic mass is 32.2. The Hall–Kier alpha value is -3.95. The first kappa shape index (κ1) is 23.2. The number of hydrogen-bond acceptors (Lipinski definition) is 7. The van der Waals surface area contributed by atoms with Crippen LogP contribution in [-0.2, 0) is 19.7 Å². The Bertz CT molecular complexity index is 1430. The first-order valence-electron chi connectivity index (χ1n) is 9.92. The van der Waals surface area contributed by atoms with E-state index in [4.69, 9.17) is 0 Å². The second-order valence-electron chi connectivity index (χ2n) is 7.37. The van der Waals surface area contributed by atoms with Crippen molar-refractivity contribution in [1.29, 1.82) is 0 Å². The predicted molar refractivity (Wildman–Crippen MR) is 123 cm³/mol. The van der Waals surface area contributed by atoms with Gasteiger partial charge in [0.1, 0.15) is 11.5 Å². The number of ketones is 1. The number of aromatic hydroxyl groups is 2. The van der Waals surface area contributed by atoms with Gasteiger partial charge in [-0.1, -0.05) is 0 Å². The molecule has 0 unspecified atom stereocenters. The van der Waals surface area contributed by atoms with E-state index in [1.165, 1.54) is 97.1 Å². The van der Waals surface area contributed by atoms with Crippen LogP contribution in [0.2, 0.25) is 0 Å². The van der Waals surface area contributed by atoms with Gasteiger partial charge in [-0.25, -0.2) is 16.8 Å². The van der Waals surface area contributed by atoms with E-state index in [1.54, 1.807) is 0 Å². The first-order chi connectivity index (χ1) is 16.1. The number of carbonyl (C=O) groups excluding carboxylic acids is 1. The lowest BCUT2D eigenvalue weighted by Crippen LogP contribution is -2.06. The Balaban J connectivity index is 1.56. The van der Waals surface area contributed by atoms with Gasteiger partial charge >= 0.3 is 0 Å². The van der Waals surface area contributed by atoms with Gasteiger partial charge in [0, 0.05) is 11.1 Å². The van der Waals surface area contributed by atoms with Gasteiger partial charge in [0.25, 0.3) is 0 Å². The van der Waals surface area contributed by atoms with Crippen molar-refractivity contribution in [2.75, 3.05) is 0 Å². The number of phenolic OH excluding ortho intramolecular Hbond substituents is 2. The van der Waals surface area contributed by atoms with E-state index >= 15 is 0 Å². The summed E-state index contributed by atoms with van der Waals surface area (Å²) in [6.07, 6.45) is 0. The Kier molecular flexibility index (Phi) is 5.99. The maximum absolute atomic E-state index is 12.8. The molecule has 34 heavy (non-hydrogen) atoms. The number of hydrogen-bond donors (Lipinski definition) is 2. The molecule has 0 fully saturated rings. The van der Waals surface area contributed by atoms with Gasteiger partial charge in [-0.3, -0.25) is 4.79 Å². The molecule has 0 bridgehead atoms. The van der Waals surface area contributed by atoms with Crippen molar-refractivity contribution < 1.29 is 31.8 Å². The smallest absolute Gasteiger partial charge is 0.206 e. The lowest BCUT2D eigenvalue weighted by atomic mass is 10.0. The number of phenols is 2. The fourth-order valence-corrected chi connectivity index (χ4v) is 5.78. The molecule has 4 aromatic carbocycles. The maximum Gasteiger partial charge on any atom is 0.206 e. The highest BCUT2D eigenvalue weighted by Crippen LogP contribution is 2.25. The summed E-state index contributed by atoms with van der Waals surface area (Å²) < 4.78 is 50.9. The highest BCUT2D eigenvalue weighted by molar-refractivity contribution is 7.91. The van der Waals surface area contributed by atoms with Crippen molar-refractivity contribution in [3.05, 3.63) is 108 Å². The fraction of sp³-hybridized carbons (Fsp3) is 0. The number of rotatable bonds is 6. The van der Waals surface area contributed by atoms with Gasteiger partial charge in [0.05, 0.1) is 19.6 Å². The molecule has 172 valence electrons. The molecule has 2 N–H and O–H groups in total. The Labute approximate surface area is 196 Å². The van der Waals surface area contributed by atoms with Gasteiger partial charge in [0.2, 0.25) is 19.7 Å². The molecule has 0 aromatic heterocycles. The molecule has 0 saturated heterocycles. The van der Waals surface area contributed by atoms with Crippen LogP contribution in [0.1, 0.15) is 15.9 Å². The van der Waals surface area contributed by atoms with Crippen LogP contribution >= 0.6 is 0 Å². The molecule has 0 aliphatic heterocycles. The van der Waals surface area contributed by atoms with Gasteiger partial charge < -0.3 is 10.2 Å². The number of carbonyl (C=O) groups is 1. The molecule has 0 heterocycles. The molecule has 0 amide bonds. The Morgan fingerprint density at radius 2 is 0.676 bits per heavy atom. The topological polar surface area (TPSA) is 126 Å². The number of sulfone groups is 2. The summed E-state index contributed by atoms with van der Waals surface area (Å²) >= 11 is 0. The van der Waals surface area contributed by atoms with Gasteiger partial charge in [-0.2, -0.15) is 0 Å². The zero-order chi connectivity index (χ0) is 24.5. The fourth-order valence-electron chi connectivity index (χ4n) is 3.26. The third-order valence-corrected chi connectivity index (χ3v) is 8.72. The van der Waals surface area contributed by atoms with Crippen LogP contribution in [0.3, 0.4) is 0 Å². The summed E-state index contributed by atoms with van der Waals surface area (Å²) in [5.41, 5.74) is 0.470. The molecule has 9 heteroatoms. The van der Waals surface area contributed by atoms with E-state index in [2.05, 4.69) is 0 Å². The molecule has 7 nitrogen and oxygen atoms in total. The predicted octanol–water partition coefficient (Wildman–Crippen LogP) is 3.99. The zero-order valence-corrected chi connectivity index (χ0v) is 19.1. The first-order valence-corrected chi connectivity index (χ1v) is 12.9. The summed E-state index contributed by atoms with van der Waals surface area (Å²) in [6, 6.07) is 21.1. The largest absolute Gasteiger partial charge is 0.508 e. The molecule has 0 saturated carbocycles. The Morgan fingerprint density at radius 3 is 0.941 bits per heavy atom. The summed E-state index contributed by atoms with van der Waals surface area (Å²) in [6.45, 7) is 0. The molecule has 0 aliphatic carbocycles. The third-order valence-electron chi connectivity index (χ3n) is 5.15. The average molecular weight is 495 g/mol. The maximum atomic E-state index is 12.8. The third kappa shape index (κ3) is 4.43. The highest BCUT2D eigenvalue weighted by Gasteiger charge is 2.20. The van der Waals surface area contributed by atoms with Crippen molar-refractivity contribution in [2.45, 2.75) is 19.6 Å². The molecule has 0 spiro atoms. The van der Waals surface area contributed by atoms with Crippen LogP contribution in [-0.4, -0.2) is 32.8 Å². The van der Waals surface area contributed by atoms with E-state index < -0.39 is 25.5 Å². The van der Waals surface area contributed by atoms with E-state index in [0.717, 1.165) is 0 Å². The van der Waals surface area contributed by atoms with Crippen LogP contribution in [0.4, 0.5) is 0 Å². The summed E-state index contributed by atoms with van der Waals surface area (Å²) in [7, 11) is -7.64.